The molecule has 1 N–H and O–H groups in total. The molecule has 16 heavy (non-hydrogen) atoms. The maximum atomic E-state index is 4.39. The number of hydrogen-bond acceptors (Lipinski definition) is 6. The summed E-state index contributed by atoms with van der Waals surface area (Å²) >= 11 is 3.35. The van der Waals surface area contributed by atoms with Gasteiger partial charge < -0.3 is 5.32 Å². The summed E-state index contributed by atoms with van der Waals surface area (Å²) in [5, 5.41) is 16.8. The summed E-state index contributed by atoms with van der Waals surface area (Å²) in [5.41, 5.74) is 1.08. The van der Waals surface area contributed by atoms with E-state index in [9.17, 15) is 0 Å². The van der Waals surface area contributed by atoms with Crippen LogP contribution >= 0.6 is 22.7 Å². The van der Waals surface area contributed by atoms with Crippen molar-refractivity contribution < 1.29 is 0 Å². The maximum Gasteiger partial charge on any atom is 0.206 e. The van der Waals surface area contributed by atoms with Crippen molar-refractivity contribution in [1.82, 2.24) is 15.2 Å². The van der Waals surface area contributed by atoms with Gasteiger partial charge in [0.15, 0.2) is 0 Å². The monoisotopic (exact) mass is 252 g/mol. The van der Waals surface area contributed by atoms with Crippen LogP contribution in [-0.2, 0) is 6.54 Å². The lowest BCUT2D eigenvalue weighted by Crippen LogP contribution is -1.98. The average molecular weight is 252 g/mol. The number of aryl methyl sites for hydroxylation is 1. The fraction of sp³-hybridized carbons (Fsp3) is 0.500. The number of rotatable bonds is 4. The Hall–Kier alpha value is -1.01. The second-order valence-corrected chi connectivity index (χ2v) is 5.91. The van der Waals surface area contributed by atoms with Crippen LogP contribution in [0.5, 0.6) is 0 Å². The van der Waals surface area contributed by atoms with Crippen LogP contribution in [0.3, 0.4) is 0 Å². The van der Waals surface area contributed by atoms with Gasteiger partial charge in [-0.1, -0.05) is 11.3 Å². The molecule has 6 heteroatoms. The fourth-order valence-corrected chi connectivity index (χ4v) is 3.06. The van der Waals surface area contributed by atoms with Gasteiger partial charge in [-0.15, -0.1) is 21.5 Å². The topological polar surface area (TPSA) is 50.7 Å². The highest BCUT2D eigenvalue weighted by Crippen LogP contribution is 2.42. The number of anilines is 1. The molecule has 0 radical (unpaired) electrons. The number of nitrogens with zero attached hydrogens (tertiary/aromatic N) is 3. The zero-order valence-electron chi connectivity index (χ0n) is 8.93. The lowest BCUT2D eigenvalue weighted by Gasteiger charge is -1.96. The van der Waals surface area contributed by atoms with Gasteiger partial charge in [0.05, 0.1) is 6.54 Å². The van der Waals surface area contributed by atoms with E-state index in [1.54, 1.807) is 22.7 Å². The number of aromatic nitrogens is 3. The molecule has 0 saturated heterocycles. The molecule has 2 aromatic heterocycles. The number of thiazole rings is 1. The van der Waals surface area contributed by atoms with E-state index in [4.69, 9.17) is 0 Å². The molecule has 1 aliphatic carbocycles. The molecule has 0 unspecified atom stereocenters. The molecule has 0 aliphatic heterocycles. The molecule has 2 heterocycles. The summed E-state index contributed by atoms with van der Waals surface area (Å²) in [6.07, 6.45) is 2.56. The lowest BCUT2D eigenvalue weighted by atomic mass is 10.5. The molecule has 84 valence electrons. The van der Waals surface area contributed by atoms with Crippen LogP contribution in [0.15, 0.2) is 5.38 Å². The third-order valence-electron chi connectivity index (χ3n) is 2.42. The van der Waals surface area contributed by atoms with Crippen molar-refractivity contribution >= 4 is 27.8 Å². The Morgan fingerprint density at radius 2 is 2.31 bits per heavy atom. The minimum absolute atomic E-state index is 0.690. The van der Waals surface area contributed by atoms with E-state index in [1.165, 1.54) is 17.8 Å². The Labute approximate surface area is 102 Å². The van der Waals surface area contributed by atoms with Crippen molar-refractivity contribution in [3.8, 4) is 0 Å². The third-order valence-corrected chi connectivity index (χ3v) is 4.43. The summed E-state index contributed by atoms with van der Waals surface area (Å²) in [6.45, 7) is 2.76. The fourth-order valence-electron chi connectivity index (χ4n) is 1.44. The van der Waals surface area contributed by atoms with Crippen LogP contribution in [0.25, 0.3) is 0 Å². The molecule has 4 nitrogen and oxygen atoms in total. The molecule has 0 atom stereocenters. The van der Waals surface area contributed by atoms with Crippen LogP contribution in [0, 0.1) is 6.92 Å². The minimum atomic E-state index is 0.690. The normalized spacial score (nSPS) is 15.3. The molecule has 1 saturated carbocycles. The van der Waals surface area contributed by atoms with E-state index in [0.717, 1.165) is 22.4 Å². The maximum absolute atomic E-state index is 4.39. The van der Waals surface area contributed by atoms with Crippen molar-refractivity contribution in [2.45, 2.75) is 32.2 Å². The SMILES string of the molecule is Cc1csc(CNc2nnc(C3CC3)s2)n1. The predicted molar refractivity (Wildman–Crippen MR) is 66.1 cm³/mol. The zero-order chi connectivity index (χ0) is 11.0. The van der Waals surface area contributed by atoms with Crippen LogP contribution < -0.4 is 5.32 Å². The highest BCUT2D eigenvalue weighted by atomic mass is 32.1. The highest BCUT2D eigenvalue weighted by Gasteiger charge is 2.27. The standard InChI is InChI=1S/C10H12N4S2/c1-6-5-15-8(12-6)4-11-10-14-13-9(16-10)7-2-3-7/h5,7H,2-4H2,1H3,(H,11,14). The smallest absolute Gasteiger partial charge is 0.206 e. The van der Waals surface area contributed by atoms with Gasteiger partial charge in [-0.3, -0.25) is 0 Å². The lowest BCUT2D eigenvalue weighted by molar-refractivity contribution is 0.965. The molecule has 0 aromatic carbocycles. The van der Waals surface area contributed by atoms with Crippen molar-refractivity contribution in [2.24, 2.45) is 0 Å². The Morgan fingerprint density at radius 1 is 1.44 bits per heavy atom. The first kappa shape index (κ1) is 10.2. The molecule has 0 amide bonds. The Bertz CT molecular complexity index is 486. The first-order valence-electron chi connectivity index (χ1n) is 5.29. The second kappa shape index (κ2) is 4.10. The van der Waals surface area contributed by atoms with Gasteiger partial charge in [0.25, 0.3) is 0 Å². The first-order chi connectivity index (χ1) is 7.81. The van der Waals surface area contributed by atoms with Gasteiger partial charge in [-0.25, -0.2) is 4.98 Å². The van der Waals surface area contributed by atoms with E-state index < -0.39 is 0 Å². The molecular weight excluding hydrogens is 240 g/mol. The molecule has 1 fully saturated rings. The van der Waals surface area contributed by atoms with E-state index in [2.05, 4.69) is 25.9 Å². The van der Waals surface area contributed by atoms with Crippen molar-refractivity contribution in [2.75, 3.05) is 5.32 Å². The van der Waals surface area contributed by atoms with Crippen LogP contribution in [-0.4, -0.2) is 15.2 Å². The summed E-state index contributed by atoms with van der Waals surface area (Å²) in [6, 6.07) is 0. The summed E-state index contributed by atoms with van der Waals surface area (Å²) in [5.74, 6) is 0.690. The van der Waals surface area contributed by atoms with E-state index in [0.29, 0.717) is 5.92 Å². The second-order valence-electron chi connectivity index (χ2n) is 3.96. The van der Waals surface area contributed by atoms with Gasteiger partial charge in [0.2, 0.25) is 5.13 Å². The summed E-state index contributed by atoms with van der Waals surface area (Å²) in [7, 11) is 0. The quantitative estimate of drug-likeness (QED) is 0.909. The number of hydrogen-bond donors (Lipinski definition) is 1. The van der Waals surface area contributed by atoms with Crippen molar-refractivity contribution in [3.63, 3.8) is 0 Å². The first-order valence-corrected chi connectivity index (χ1v) is 6.99. The molecule has 3 rings (SSSR count). The summed E-state index contributed by atoms with van der Waals surface area (Å²) < 4.78 is 0. The Balaban J connectivity index is 1.61. The molecule has 2 aromatic rings. The van der Waals surface area contributed by atoms with Gasteiger partial charge >= 0.3 is 0 Å². The number of nitrogens with one attached hydrogen (secondary N) is 1. The molecule has 0 spiro atoms. The van der Waals surface area contributed by atoms with Gasteiger partial charge in [0, 0.05) is 17.0 Å². The third kappa shape index (κ3) is 2.22. The molecule has 0 bridgehead atoms. The Kier molecular flexibility index (Phi) is 2.61. The average Bonchev–Trinajstić information content (AvgIpc) is 2.87. The van der Waals surface area contributed by atoms with Gasteiger partial charge in [-0.2, -0.15) is 0 Å². The molecule has 1 aliphatic rings. The summed E-state index contributed by atoms with van der Waals surface area (Å²) in [4.78, 5) is 4.39. The van der Waals surface area contributed by atoms with E-state index >= 15 is 0 Å². The Morgan fingerprint density at radius 3 is 3.00 bits per heavy atom. The molecular formula is C10H12N4S2. The van der Waals surface area contributed by atoms with E-state index in [-0.39, 0.29) is 0 Å². The largest absolute Gasteiger partial charge is 0.354 e. The highest BCUT2D eigenvalue weighted by molar-refractivity contribution is 7.15. The van der Waals surface area contributed by atoms with Crippen LogP contribution in [0.1, 0.15) is 34.5 Å². The predicted octanol–water partition coefficient (Wildman–Crippen LogP) is 2.79. The van der Waals surface area contributed by atoms with Crippen LogP contribution in [0.4, 0.5) is 5.13 Å². The van der Waals surface area contributed by atoms with Crippen LogP contribution in [0.2, 0.25) is 0 Å². The minimum Gasteiger partial charge on any atom is -0.354 e. The van der Waals surface area contributed by atoms with Gasteiger partial charge in [0.1, 0.15) is 10.0 Å². The zero-order valence-corrected chi connectivity index (χ0v) is 10.6. The van der Waals surface area contributed by atoms with Crippen molar-refractivity contribution in [1.29, 1.82) is 0 Å². The van der Waals surface area contributed by atoms with Crippen molar-refractivity contribution in [3.05, 3.63) is 21.1 Å². The van der Waals surface area contributed by atoms with Gasteiger partial charge in [-0.05, 0) is 19.8 Å². The van der Waals surface area contributed by atoms with E-state index in [1.807, 2.05) is 6.92 Å².